The molecule has 0 spiro atoms. The van der Waals surface area contributed by atoms with Crippen molar-refractivity contribution in [2.45, 2.75) is 84.6 Å². The van der Waals surface area contributed by atoms with Crippen LogP contribution in [-0.2, 0) is 14.3 Å². The Bertz CT molecular complexity index is 266. The molecule has 0 radical (unpaired) electrons. The predicted octanol–water partition coefficient (Wildman–Crippen LogP) is 3.59. The average molecular weight is 285 g/mol. The lowest BCUT2D eigenvalue weighted by atomic mass is 10.0. The van der Waals surface area contributed by atoms with E-state index in [4.69, 9.17) is 4.74 Å². The van der Waals surface area contributed by atoms with Gasteiger partial charge >= 0.3 is 5.97 Å². The fraction of sp³-hybridized carbons (Fsp3) is 0.875. The molecule has 1 unspecified atom stereocenters. The average Bonchev–Trinajstić information content (AvgIpc) is 2.38. The molecule has 0 rings (SSSR count). The molecule has 118 valence electrons. The highest BCUT2D eigenvalue weighted by atomic mass is 16.5. The molecule has 0 heterocycles. The molecule has 0 aromatic carbocycles. The monoisotopic (exact) mass is 285 g/mol. The fourth-order valence-electron chi connectivity index (χ4n) is 2.23. The van der Waals surface area contributed by atoms with Crippen LogP contribution in [0.2, 0.25) is 0 Å². The van der Waals surface area contributed by atoms with Crippen LogP contribution in [-0.4, -0.2) is 24.5 Å². The van der Waals surface area contributed by atoms with Gasteiger partial charge in [-0.3, -0.25) is 9.59 Å². The number of amides is 1. The lowest BCUT2D eigenvalue weighted by Crippen LogP contribution is -2.37. The van der Waals surface area contributed by atoms with Crippen LogP contribution in [0.5, 0.6) is 0 Å². The molecule has 0 bridgehead atoms. The zero-order valence-electron chi connectivity index (χ0n) is 13.4. The molecule has 0 aliphatic rings. The maximum atomic E-state index is 11.1. The van der Waals surface area contributed by atoms with Crippen LogP contribution in [0.1, 0.15) is 78.6 Å². The van der Waals surface area contributed by atoms with Gasteiger partial charge in [0.1, 0.15) is 6.61 Å². The molecule has 0 aliphatic heterocycles. The molecule has 0 saturated carbocycles. The molecule has 0 saturated heterocycles. The SMILES string of the molecule is CCCCCCCCCCC(COC(C)=O)NC(C)=O. The molecule has 1 atom stereocenters. The summed E-state index contributed by atoms with van der Waals surface area (Å²) in [6.45, 7) is 5.40. The van der Waals surface area contributed by atoms with Crippen LogP contribution in [0, 0.1) is 0 Å². The van der Waals surface area contributed by atoms with Crippen molar-refractivity contribution in [2.75, 3.05) is 6.61 Å². The van der Waals surface area contributed by atoms with Gasteiger partial charge in [-0.25, -0.2) is 0 Å². The number of esters is 1. The smallest absolute Gasteiger partial charge is 0.302 e. The first-order valence-corrected chi connectivity index (χ1v) is 7.96. The van der Waals surface area contributed by atoms with Crippen LogP contribution >= 0.6 is 0 Å². The quantitative estimate of drug-likeness (QED) is 0.440. The normalized spacial score (nSPS) is 11.9. The van der Waals surface area contributed by atoms with Crippen molar-refractivity contribution in [3.8, 4) is 0 Å². The molecule has 0 aromatic rings. The van der Waals surface area contributed by atoms with Crippen LogP contribution in [0.15, 0.2) is 0 Å². The van der Waals surface area contributed by atoms with Crippen molar-refractivity contribution in [3.63, 3.8) is 0 Å². The third-order valence-corrected chi connectivity index (χ3v) is 3.30. The van der Waals surface area contributed by atoms with E-state index in [0.717, 1.165) is 12.8 Å². The van der Waals surface area contributed by atoms with Gasteiger partial charge in [0.05, 0.1) is 6.04 Å². The Morgan fingerprint density at radius 3 is 2.00 bits per heavy atom. The molecule has 0 aromatic heterocycles. The van der Waals surface area contributed by atoms with Crippen molar-refractivity contribution in [1.82, 2.24) is 5.32 Å². The summed E-state index contributed by atoms with van der Waals surface area (Å²) in [6.07, 6.45) is 11.0. The van der Waals surface area contributed by atoms with Crippen molar-refractivity contribution in [1.29, 1.82) is 0 Å². The number of unbranched alkanes of at least 4 members (excludes halogenated alkanes) is 7. The Morgan fingerprint density at radius 1 is 0.950 bits per heavy atom. The second kappa shape index (κ2) is 12.9. The number of carbonyl (C=O) groups excluding carboxylic acids is 2. The number of rotatable bonds is 12. The Kier molecular flexibility index (Phi) is 12.3. The highest BCUT2D eigenvalue weighted by Gasteiger charge is 2.11. The van der Waals surface area contributed by atoms with E-state index in [0.29, 0.717) is 0 Å². The van der Waals surface area contributed by atoms with Gasteiger partial charge in [0.25, 0.3) is 0 Å². The third kappa shape index (κ3) is 13.4. The minimum atomic E-state index is -0.295. The van der Waals surface area contributed by atoms with Crippen LogP contribution in [0.4, 0.5) is 0 Å². The van der Waals surface area contributed by atoms with Crippen molar-refractivity contribution >= 4 is 11.9 Å². The largest absolute Gasteiger partial charge is 0.464 e. The number of hydrogen-bond donors (Lipinski definition) is 1. The van der Waals surface area contributed by atoms with E-state index >= 15 is 0 Å². The molecule has 1 amide bonds. The Morgan fingerprint density at radius 2 is 1.50 bits per heavy atom. The number of ether oxygens (including phenoxy) is 1. The summed E-state index contributed by atoms with van der Waals surface area (Å²) >= 11 is 0. The molecule has 1 N–H and O–H groups in total. The molecule has 0 fully saturated rings. The van der Waals surface area contributed by atoms with E-state index in [9.17, 15) is 9.59 Å². The van der Waals surface area contributed by atoms with Gasteiger partial charge in [0, 0.05) is 13.8 Å². The van der Waals surface area contributed by atoms with E-state index in [1.165, 1.54) is 58.8 Å². The van der Waals surface area contributed by atoms with Gasteiger partial charge in [0.2, 0.25) is 5.91 Å². The number of nitrogens with one attached hydrogen (secondary N) is 1. The summed E-state index contributed by atoms with van der Waals surface area (Å²) in [5, 5.41) is 2.84. The zero-order chi connectivity index (χ0) is 15.2. The fourth-order valence-corrected chi connectivity index (χ4v) is 2.23. The molecule has 20 heavy (non-hydrogen) atoms. The van der Waals surface area contributed by atoms with Crippen molar-refractivity contribution < 1.29 is 14.3 Å². The molecule has 0 aliphatic carbocycles. The summed E-state index contributed by atoms with van der Waals surface area (Å²) in [6, 6.07) is -0.0449. The van der Waals surface area contributed by atoms with Crippen LogP contribution in [0.3, 0.4) is 0 Å². The first-order chi connectivity index (χ1) is 9.56. The topological polar surface area (TPSA) is 55.4 Å². The lowest BCUT2D eigenvalue weighted by Gasteiger charge is -2.17. The first kappa shape index (κ1) is 18.9. The van der Waals surface area contributed by atoms with E-state index in [1.54, 1.807) is 0 Å². The van der Waals surface area contributed by atoms with Gasteiger partial charge in [-0.15, -0.1) is 0 Å². The molecule has 4 nitrogen and oxygen atoms in total. The lowest BCUT2D eigenvalue weighted by molar-refractivity contribution is -0.142. The Balaban J connectivity index is 3.62. The number of carbonyl (C=O) groups is 2. The van der Waals surface area contributed by atoms with Gasteiger partial charge in [-0.2, -0.15) is 0 Å². The van der Waals surface area contributed by atoms with E-state index < -0.39 is 0 Å². The number of hydrogen-bond acceptors (Lipinski definition) is 3. The maximum absolute atomic E-state index is 11.1. The summed E-state index contributed by atoms with van der Waals surface area (Å²) in [7, 11) is 0. The first-order valence-electron chi connectivity index (χ1n) is 7.96. The molecular formula is C16H31NO3. The van der Waals surface area contributed by atoms with Gasteiger partial charge in [-0.05, 0) is 6.42 Å². The van der Waals surface area contributed by atoms with Gasteiger partial charge < -0.3 is 10.1 Å². The molecular weight excluding hydrogens is 254 g/mol. The van der Waals surface area contributed by atoms with E-state index in [-0.39, 0.29) is 24.5 Å². The zero-order valence-corrected chi connectivity index (χ0v) is 13.4. The molecule has 4 heteroatoms. The second-order valence-electron chi connectivity index (χ2n) is 5.46. The summed E-state index contributed by atoms with van der Waals surface area (Å²) in [5.74, 6) is -0.363. The second-order valence-corrected chi connectivity index (χ2v) is 5.46. The summed E-state index contributed by atoms with van der Waals surface area (Å²) in [4.78, 5) is 21.9. The highest BCUT2D eigenvalue weighted by molar-refractivity contribution is 5.73. The summed E-state index contributed by atoms with van der Waals surface area (Å²) < 4.78 is 4.97. The Hall–Kier alpha value is -1.06. The van der Waals surface area contributed by atoms with E-state index in [1.807, 2.05) is 0 Å². The van der Waals surface area contributed by atoms with E-state index in [2.05, 4.69) is 12.2 Å². The standard InChI is InChI=1S/C16H31NO3/c1-4-5-6-7-8-9-10-11-12-16(17-14(2)18)13-20-15(3)19/h16H,4-13H2,1-3H3,(H,17,18). The minimum absolute atomic E-state index is 0.0449. The third-order valence-electron chi connectivity index (χ3n) is 3.30. The highest BCUT2D eigenvalue weighted by Crippen LogP contribution is 2.11. The van der Waals surface area contributed by atoms with Crippen LogP contribution in [0.25, 0.3) is 0 Å². The van der Waals surface area contributed by atoms with Crippen molar-refractivity contribution in [2.24, 2.45) is 0 Å². The van der Waals surface area contributed by atoms with Crippen LogP contribution < -0.4 is 5.32 Å². The van der Waals surface area contributed by atoms with Crippen molar-refractivity contribution in [3.05, 3.63) is 0 Å². The minimum Gasteiger partial charge on any atom is -0.464 e. The maximum Gasteiger partial charge on any atom is 0.302 e. The predicted molar refractivity (Wildman–Crippen MR) is 81.5 cm³/mol. The van der Waals surface area contributed by atoms with Gasteiger partial charge in [-0.1, -0.05) is 58.3 Å². The summed E-state index contributed by atoms with van der Waals surface area (Å²) in [5.41, 5.74) is 0. The van der Waals surface area contributed by atoms with Gasteiger partial charge in [0.15, 0.2) is 0 Å². The Labute approximate surface area is 123 Å².